The Morgan fingerprint density at radius 3 is 2.53 bits per heavy atom. The molecule has 1 unspecified atom stereocenters. The molecule has 1 aromatic heterocycles. The topological polar surface area (TPSA) is 92.8 Å². The van der Waals surface area contributed by atoms with Crippen molar-refractivity contribution in [2.24, 2.45) is 5.92 Å². The number of methoxy groups -OCH3 is 1. The zero-order valence-corrected chi connectivity index (χ0v) is 19.9. The van der Waals surface area contributed by atoms with Gasteiger partial charge in [-0.2, -0.15) is 5.26 Å². The number of aromatic nitrogens is 3. The van der Waals surface area contributed by atoms with Gasteiger partial charge in [0.05, 0.1) is 24.0 Å². The van der Waals surface area contributed by atoms with Gasteiger partial charge < -0.3 is 10.1 Å². The third kappa shape index (κ3) is 5.06. The quantitative estimate of drug-likeness (QED) is 0.479. The maximum absolute atomic E-state index is 12.6. The van der Waals surface area contributed by atoms with Crippen LogP contribution >= 0.6 is 23.4 Å². The standard InChI is InChI=1S/C23H24ClN5O2S/c1-15(2)23(3,14-25)26-20(30)13-32-22-28-27-21(18-7-5-6-8-19(18)24)29(22)16-9-11-17(31-4)12-10-16/h5-12,15H,13H2,1-4H3,(H,26,30). The normalized spacial score (nSPS) is 12.8. The molecule has 1 atom stereocenters. The summed E-state index contributed by atoms with van der Waals surface area (Å²) in [6.45, 7) is 5.51. The number of carbonyl (C=O) groups is 1. The van der Waals surface area contributed by atoms with E-state index in [2.05, 4.69) is 21.6 Å². The van der Waals surface area contributed by atoms with Gasteiger partial charge >= 0.3 is 0 Å². The summed E-state index contributed by atoms with van der Waals surface area (Å²) < 4.78 is 7.11. The van der Waals surface area contributed by atoms with Crippen LogP contribution in [0.2, 0.25) is 5.02 Å². The second kappa shape index (κ2) is 10.1. The van der Waals surface area contributed by atoms with E-state index >= 15 is 0 Å². The zero-order valence-electron chi connectivity index (χ0n) is 18.3. The van der Waals surface area contributed by atoms with E-state index in [9.17, 15) is 10.1 Å². The van der Waals surface area contributed by atoms with Gasteiger partial charge in [-0.3, -0.25) is 9.36 Å². The smallest absolute Gasteiger partial charge is 0.231 e. The van der Waals surface area contributed by atoms with E-state index in [0.29, 0.717) is 16.0 Å². The van der Waals surface area contributed by atoms with Gasteiger partial charge in [-0.15, -0.1) is 10.2 Å². The molecule has 32 heavy (non-hydrogen) atoms. The number of hydrogen-bond donors (Lipinski definition) is 1. The molecule has 3 aromatic rings. The average Bonchev–Trinajstić information content (AvgIpc) is 3.21. The molecule has 1 amide bonds. The van der Waals surface area contributed by atoms with Crippen molar-refractivity contribution in [3.05, 3.63) is 53.6 Å². The lowest BCUT2D eigenvalue weighted by molar-refractivity contribution is -0.120. The van der Waals surface area contributed by atoms with Crippen LogP contribution in [0.15, 0.2) is 53.7 Å². The lowest BCUT2D eigenvalue weighted by Gasteiger charge is -2.27. The zero-order chi connectivity index (χ0) is 23.3. The fourth-order valence-electron chi connectivity index (χ4n) is 2.90. The first-order chi connectivity index (χ1) is 15.3. The van der Waals surface area contributed by atoms with Gasteiger partial charge in [0, 0.05) is 11.3 Å². The fourth-order valence-corrected chi connectivity index (χ4v) is 3.87. The Morgan fingerprint density at radius 1 is 1.25 bits per heavy atom. The first-order valence-corrected chi connectivity index (χ1v) is 11.3. The van der Waals surface area contributed by atoms with E-state index in [1.807, 2.05) is 60.9 Å². The van der Waals surface area contributed by atoms with Crippen LogP contribution in [0.3, 0.4) is 0 Å². The Kier molecular flexibility index (Phi) is 7.44. The first kappa shape index (κ1) is 23.6. The summed E-state index contributed by atoms with van der Waals surface area (Å²) >= 11 is 7.66. The maximum Gasteiger partial charge on any atom is 0.231 e. The highest BCUT2D eigenvalue weighted by molar-refractivity contribution is 7.99. The van der Waals surface area contributed by atoms with Crippen molar-refractivity contribution in [3.8, 4) is 28.9 Å². The summed E-state index contributed by atoms with van der Waals surface area (Å²) in [5.74, 6) is 1.08. The Labute approximate surface area is 196 Å². The van der Waals surface area contributed by atoms with Gasteiger partial charge in [-0.1, -0.05) is 49.3 Å². The molecule has 0 aliphatic heterocycles. The monoisotopic (exact) mass is 469 g/mol. The summed E-state index contributed by atoms with van der Waals surface area (Å²) in [5, 5.41) is 22.0. The van der Waals surface area contributed by atoms with Crippen molar-refractivity contribution in [3.63, 3.8) is 0 Å². The summed E-state index contributed by atoms with van der Waals surface area (Å²) in [6, 6.07) is 17.0. The minimum atomic E-state index is -0.940. The predicted octanol–water partition coefficient (Wildman–Crippen LogP) is 4.74. The molecule has 2 aromatic carbocycles. The van der Waals surface area contributed by atoms with Gasteiger partial charge in [0.15, 0.2) is 11.0 Å². The molecular formula is C23H24ClN5O2S. The summed E-state index contributed by atoms with van der Waals surface area (Å²) in [6.07, 6.45) is 0. The molecule has 0 fully saturated rings. The van der Waals surface area contributed by atoms with Gasteiger partial charge in [-0.25, -0.2) is 0 Å². The fraction of sp³-hybridized carbons (Fsp3) is 0.304. The van der Waals surface area contributed by atoms with Crippen LogP contribution in [0.4, 0.5) is 0 Å². The summed E-state index contributed by atoms with van der Waals surface area (Å²) in [4.78, 5) is 12.6. The molecule has 0 aliphatic rings. The summed E-state index contributed by atoms with van der Waals surface area (Å²) in [7, 11) is 1.61. The van der Waals surface area contributed by atoms with Crippen molar-refractivity contribution >= 4 is 29.3 Å². The minimum absolute atomic E-state index is 0.0313. The molecule has 0 saturated heterocycles. The molecule has 166 valence electrons. The number of carbonyl (C=O) groups excluding carboxylic acids is 1. The van der Waals surface area contributed by atoms with Gasteiger partial charge in [0.25, 0.3) is 0 Å². The van der Waals surface area contributed by atoms with E-state index in [1.54, 1.807) is 20.1 Å². The van der Waals surface area contributed by atoms with Crippen molar-refractivity contribution in [1.29, 1.82) is 5.26 Å². The third-order valence-corrected chi connectivity index (χ3v) is 6.46. The SMILES string of the molecule is COc1ccc(-n2c(SCC(=O)NC(C)(C#N)C(C)C)nnc2-c2ccccc2Cl)cc1. The molecule has 0 radical (unpaired) electrons. The number of nitriles is 1. The molecule has 0 aliphatic carbocycles. The number of ether oxygens (including phenoxy) is 1. The molecular weight excluding hydrogens is 446 g/mol. The Bertz CT molecular complexity index is 1140. The van der Waals surface area contributed by atoms with Gasteiger partial charge in [0.2, 0.25) is 5.91 Å². The molecule has 0 bridgehead atoms. The number of benzene rings is 2. The molecule has 3 rings (SSSR count). The number of amides is 1. The third-order valence-electron chi connectivity index (χ3n) is 5.20. The van der Waals surface area contributed by atoms with Crippen LogP contribution in [0.1, 0.15) is 20.8 Å². The minimum Gasteiger partial charge on any atom is -0.497 e. The van der Waals surface area contributed by atoms with Gasteiger partial charge in [-0.05, 0) is 49.2 Å². The Hall–Kier alpha value is -3.02. The van der Waals surface area contributed by atoms with E-state index in [1.165, 1.54) is 11.8 Å². The molecule has 0 spiro atoms. The average molecular weight is 470 g/mol. The van der Waals surface area contributed by atoms with E-state index in [4.69, 9.17) is 16.3 Å². The lowest BCUT2D eigenvalue weighted by atomic mass is 9.90. The van der Waals surface area contributed by atoms with Crippen molar-refractivity contribution < 1.29 is 9.53 Å². The van der Waals surface area contributed by atoms with Crippen LogP contribution in [0.25, 0.3) is 17.1 Å². The largest absolute Gasteiger partial charge is 0.497 e. The maximum atomic E-state index is 12.6. The number of thioether (sulfide) groups is 1. The molecule has 1 N–H and O–H groups in total. The van der Waals surface area contributed by atoms with Crippen LogP contribution in [0, 0.1) is 17.2 Å². The van der Waals surface area contributed by atoms with Gasteiger partial charge in [0.1, 0.15) is 11.3 Å². The van der Waals surface area contributed by atoms with E-state index < -0.39 is 5.54 Å². The van der Waals surface area contributed by atoms with Crippen LogP contribution in [-0.4, -0.2) is 39.1 Å². The van der Waals surface area contributed by atoms with Crippen molar-refractivity contribution in [1.82, 2.24) is 20.1 Å². The number of nitrogens with one attached hydrogen (secondary N) is 1. The Balaban J connectivity index is 1.93. The highest BCUT2D eigenvalue weighted by Crippen LogP contribution is 2.32. The number of rotatable bonds is 8. The highest BCUT2D eigenvalue weighted by Gasteiger charge is 2.30. The van der Waals surface area contributed by atoms with Crippen molar-refractivity contribution in [2.75, 3.05) is 12.9 Å². The van der Waals surface area contributed by atoms with Crippen LogP contribution in [0.5, 0.6) is 5.75 Å². The van der Waals surface area contributed by atoms with Crippen LogP contribution in [-0.2, 0) is 4.79 Å². The van der Waals surface area contributed by atoms with E-state index in [-0.39, 0.29) is 17.6 Å². The lowest BCUT2D eigenvalue weighted by Crippen LogP contribution is -2.49. The molecule has 1 heterocycles. The van der Waals surface area contributed by atoms with E-state index in [0.717, 1.165) is 17.0 Å². The highest BCUT2D eigenvalue weighted by atomic mass is 35.5. The predicted molar refractivity (Wildman–Crippen MR) is 126 cm³/mol. The molecule has 7 nitrogen and oxygen atoms in total. The number of halogens is 1. The number of nitrogens with zero attached hydrogens (tertiary/aromatic N) is 4. The first-order valence-electron chi connectivity index (χ1n) is 9.99. The second-order valence-electron chi connectivity index (χ2n) is 7.63. The van der Waals surface area contributed by atoms with Crippen molar-refractivity contribution in [2.45, 2.75) is 31.5 Å². The summed E-state index contributed by atoms with van der Waals surface area (Å²) in [5.41, 5.74) is 0.590. The Morgan fingerprint density at radius 2 is 1.94 bits per heavy atom. The molecule has 9 heteroatoms. The molecule has 0 saturated carbocycles. The second-order valence-corrected chi connectivity index (χ2v) is 8.97. The number of hydrogen-bond acceptors (Lipinski definition) is 6. The van der Waals surface area contributed by atoms with Crippen LogP contribution < -0.4 is 10.1 Å².